The number of sulfonamides is 1. The Morgan fingerprint density at radius 3 is 2.55 bits per heavy atom. The molecule has 0 unspecified atom stereocenters. The molecule has 0 spiro atoms. The SMILES string of the molecule is CCCC[C@@H](CC)CNC(=O)[C@H]1CN(S(=O)(=O)c2ccc(C)cc2)c2ccccc2O1. The summed E-state index contributed by atoms with van der Waals surface area (Å²) in [5, 5.41) is 2.98. The quantitative estimate of drug-likeness (QED) is 0.626. The number of para-hydroxylation sites is 2. The van der Waals surface area contributed by atoms with E-state index in [1.54, 1.807) is 48.5 Å². The van der Waals surface area contributed by atoms with E-state index in [0.29, 0.717) is 23.9 Å². The molecule has 3 rings (SSSR count). The molecule has 168 valence electrons. The Balaban J connectivity index is 1.81. The molecular formula is C24H32N2O4S. The first-order valence-corrected chi connectivity index (χ1v) is 12.4. The molecule has 2 atom stereocenters. The highest BCUT2D eigenvalue weighted by Gasteiger charge is 2.37. The number of amides is 1. The molecule has 1 aliphatic heterocycles. The second kappa shape index (κ2) is 10.2. The molecule has 0 saturated carbocycles. The lowest BCUT2D eigenvalue weighted by molar-refractivity contribution is -0.127. The zero-order chi connectivity index (χ0) is 22.4. The number of rotatable bonds is 9. The van der Waals surface area contributed by atoms with E-state index in [1.165, 1.54) is 4.31 Å². The van der Waals surface area contributed by atoms with Crippen LogP contribution < -0.4 is 14.4 Å². The normalized spacial score (nSPS) is 16.9. The minimum atomic E-state index is -3.83. The zero-order valence-corrected chi connectivity index (χ0v) is 19.3. The van der Waals surface area contributed by atoms with Gasteiger partial charge in [0.15, 0.2) is 6.10 Å². The molecule has 1 heterocycles. The van der Waals surface area contributed by atoms with Crippen molar-refractivity contribution in [2.75, 3.05) is 17.4 Å². The standard InChI is InChI=1S/C24H32N2O4S/c1-4-6-9-19(5-2)16-25-24(27)23-17-26(21-10-7-8-11-22(21)30-23)31(28,29)20-14-12-18(3)13-15-20/h7-8,10-15,19,23H,4-6,9,16-17H2,1-3H3,(H,25,27)/t19-,23-/m1/s1. The number of aryl methyl sites for hydroxylation is 1. The fourth-order valence-corrected chi connectivity index (χ4v) is 5.18. The number of hydrogen-bond acceptors (Lipinski definition) is 4. The number of carbonyl (C=O) groups is 1. The summed E-state index contributed by atoms with van der Waals surface area (Å²) in [6, 6.07) is 13.7. The van der Waals surface area contributed by atoms with E-state index in [-0.39, 0.29) is 17.3 Å². The summed E-state index contributed by atoms with van der Waals surface area (Å²) < 4.78 is 34.0. The summed E-state index contributed by atoms with van der Waals surface area (Å²) in [4.78, 5) is 13.1. The van der Waals surface area contributed by atoms with Crippen molar-refractivity contribution >= 4 is 21.6 Å². The number of nitrogens with one attached hydrogen (secondary N) is 1. The lowest BCUT2D eigenvalue weighted by Crippen LogP contribution is -2.51. The highest BCUT2D eigenvalue weighted by Crippen LogP contribution is 2.36. The largest absolute Gasteiger partial charge is 0.476 e. The maximum absolute atomic E-state index is 13.4. The van der Waals surface area contributed by atoms with Gasteiger partial charge in [-0.05, 0) is 43.5 Å². The van der Waals surface area contributed by atoms with Crippen LogP contribution >= 0.6 is 0 Å². The molecular weight excluding hydrogens is 412 g/mol. The van der Waals surface area contributed by atoms with E-state index >= 15 is 0 Å². The summed E-state index contributed by atoms with van der Waals surface area (Å²) in [6.45, 7) is 6.69. The number of ether oxygens (including phenoxy) is 1. The number of fused-ring (bicyclic) bond motifs is 1. The lowest BCUT2D eigenvalue weighted by atomic mass is 9.99. The lowest BCUT2D eigenvalue weighted by Gasteiger charge is -2.35. The molecule has 31 heavy (non-hydrogen) atoms. The third-order valence-electron chi connectivity index (χ3n) is 5.74. The number of anilines is 1. The van der Waals surface area contributed by atoms with E-state index in [9.17, 15) is 13.2 Å². The predicted octanol–water partition coefficient (Wildman–Crippen LogP) is 4.28. The van der Waals surface area contributed by atoms with Gasteiger partial charge in [-0.25, -0.2) is 8.42 Å². The second-order valence-electron chi connectivity index (χ2n) is 8.09. The van der Waals surface area contributed by atoms with Gasteiger partial charge in [-0.2, -0.15) is 0 Å². The molecule has 0 aliphatic carbocycles. The van der Waals surface area contributed by atoms with E-state index < -0.39 is 16.1 Å². The van der Waals surface area contributed by atoms with Gasteiger partial charge in [0.2, 0.25) is 0 Å². The highest BCUT2D eigenvalue weighted by atomic mass is 32.2. The van der Waals surface area contributed by atoms with E-state index in [2.05, 4.69) is 19.2 Å². The van der Waals surface area contributed by atoms with Crippen LogP contribution in [0.1, 0.15) is 45.1 Å². The molecule has 1 N–H and O–H groups in total. The Labute approximate surface area is 185 Å². The first-order chi connectivity index (χ1) is 14.9. The van der Waals surface area contributed by atoms with Crippen molar-refractivity contribution in [3.63, 3.8) is 0 Å². The van der Waals surface area contributed by atoms with Crippen LogP contribution in [0, 0.1) is 12.8 Å². The van der Waals surface area contributed by atoms with Crippen LogP contribution in [-0.4, -0.2) is 33.5 Å². The van der Waals surface area contributed by atoms with E-state index in [0.717, 1.165) is 31.2 Å². The van der Waals surface area contributed by atoms with Crippen LogP contribution in [0.4, 0.5) is 5.69 Å². The molecule has 2 aromatic carbocycles. The summed E-state index contributed by atoms with van der Waals surface area (Å²) in [5.74, 6) is 0.517. The van der Waals surface area contributed by atoms with Crippen molar-refractivity contribution < 1.29 is 17.9 Å². The Morgan fingerprint density at radius 1 is 1.16 bits per heavy atom. The topological polar surface area (TPSA) is 75.7 Å². The molecule has 2 aromatic rings. The second-order valence-corrected chi connectivity index (χ2v) is 9.95. The molecule has 0 aromatic heterocycles. The van der Waals surface area contributed by atoms with Crippen molar-refractivity contribution in [1.82, 2.24) is 5.32 Å². The number of benzene rings is 2. The maximum Gasteiger partial charge on any atom is 0.264 e. The average molecular weight is 445 g/mol. The van der Waals surface area contributed by atoms with Gasteiger partial charge in [-0.15, -0.1) is 0 Å². The zero-order valence-electron chi connectivity index (χ0n) is 18.5. The molecule has 1 aliphatic rings. The van der Waals surface area contributed by atoms with Gasteiger partial charge in [0.05, 0.1) is 17.1 Å². The molecule has 0 radical (unpaired) electrons. The minimum absolute atomic E-state index is 0.0647. The summed E-state index contributed by atoms with van der Waals surface area (Å²) in [5.41, 5.74) is 1.42. The Morgan fingerprint density at radius 2 is 1.87 bits per heavy atom. The number of carbonyl (C=O) groups excluding carboxylic acids is 1. The predicted molar refractivity (Wildman–Crippen MR) is 123 cm³/mol. The third kappa shape index (κ3) is 5.39. The van der Waals surface area contributed by atoms with Gasteiger partial charge >= 0.3 is 0 Å². The molecule has 0 fully saturated rings. The van der Waals surface area contributed by atoms with Crippen molar-refractivity contribution in [3.05, 3.63) is 54.1 Å². The molecule has 1 amide bonds. The van der Waals surface area contributed by atoms with Gasteiger partial charge in [0.1, 0.15) is 5.75 Å². The van der Waals surface area contributed by atoms with Crippen LogP contribution in [-0.2, 0) is 14.8 Å². The molecule has 0 saturated heterocycles. The molecule has 7 heteroatoms. The van der Waals surface area contributed by atoms with E-state index in [1.807, 2.05) is 6.92 Å². The Kier molecular flexibility index (Phi) is 7.59. The van der Waals surface area contributed by atoms with Crippen molar-refractivity contribution in [2.24, 2.45) is 5.92 Å². The van der Waals surface area contributed by atoms with Crippen molar-refractivity contribution in [2.45, 2.75) is 57.5 Å². The smallest absolute Gasteiger partial charge is 0.264 e. The van der Waals surface area contributed by atoms with Crippen molar-refractivity contribution in [1.29, 1.82) is 0 Å². The van der Waals surface area contributed by atoms with Gasteiger partial charge in [0.25, 0.3) is 15.9 Å². The summed E-state index contributed by atoms with van der Waals surface area (Å²) >= 11 is 0. The number of nitrogens with zero attached hydrogens (tertiary/aromatic N) is 1. The maximum atomic E-state index is 13.4. The fraction of sp³-hybridized carbons (Fsp3) is 0.458. The molecule has 0 bridgehead atoms. The average Bonchev–Trinajstić information content (AvgIpc) is 2.78. The number of hydrogen-bond donors (Lipinski definition) is 1. The minimum Gasteiger partial charge on any atom is -0.476 e. The van der Waals surface area contributed by atoms with Gasteiger partial charge in [-0.3, -0.25) is 9.10 Å². The monoisotopic (exact) mass is 444 g/mol. The molecule has 6 nitrogen and oxygen atoms in total. The van der Waals surface area contributed by atoms with Gasteiger partial charge in [-0.1, -0.05) is 62.9 Å². The fourth-order valence-electron chi connectivity index (χ4n) is 3.71. The first-order valence-electron chi connectivity index (χ1n) is 11.0. The van der Waals surface area contributed by atoms with Crippen LogP contribution in [0.5, 0.6) is 5.75 Å². The van der Waals surface area contributed by atoms with Crippen LogP contribution in [0.25, 0.3) is 0 Å². The van der Waals surface area contributed by atoms with Crippen LogP contribution in [0.3, 0.4) is 0 Å². The van der Waals surface area contributed by atoms with Crippen LogP contribution in [0.15, 0.2) is 53.4 Å². The Hall–Kier alpha value is -2.54. The summed E-state index contributed by atoms with van der Waals surface area (Å²) in [6.07, 6.45) is 3.40. The van der Waals surface area contributed by atoms with Crippen molar-refractivity contribution in [3.8, 4) is 5.75 Å². The van der Waals surface area contributed by atoms with Gasteiger partial charge in [0, 0.05) is 6.54 Å². The first kappa shape index (κ1) is 23.1. The summed E-state index contributed by atoms with van der Waals surface area (Å²) in [7, 11) is -3.83. The third-order valence-corrected chi connectivity index (χ3v) is 7.54. The van der Waals surface area contributed by atoms with Crippen LogP contribution in [0.2, 0.25) is 0 Å². The highest BCUT2D eigenvalue weighted by molar-refractivity contribution is 7.92. The van der Waals surface area contributed by atoms with E-state index in [4.69, 9.17) is 4.74 Å². The number of unbranched alkanes of at least 4 members (excludes halogenated alkanes) is 1. The Bertz CT molecular complexity index is 989. The van der Waals surface area contributed by atoms with Gasteiger partial charge < -0.3 is 10.1 Å².